The number of hydrogen-bond donors (Lipinski definition) is 1. The van der Waals surface area contributed by atoms with E-state index in [1.807, 2.05) is 0 Å². The summed E-state index contributed by atoms with van der Waals surface area (Å²) in [7, 11) is 0. The summed E-state index contributed by atoms with van der Waals surface area (Å²) in [6.07, 6.45) is 0. The van der Waals surface area contributed by atoms with Crippen LogP contribution in [0.2, 0.25) is 0 Å². The Morgan fingerprint density at radius 1 is 1.06 bits per heavy atom. The number of halogens is 2. The van der Waals surface area contributed by atoms with Gasteiger partial charge in [-0.15, -0.1) is 0 Å². The summed E-state index contributed by atoms with van der Waals surface area (Å²) in [5.74, 6) is -4.88. The first-order chi connectivity index (χ1) is 15.8. The molecule has 4 rings (SSSR count). The lowest BCUT2D eigenvalue weighted by atomic mass is 10.1. The van der Waals surface area contributed by atoms with E-state index in [9.17, 15) is 28.0 Å². The number of imide groups is 1. The summed E-state index contributed by atoms with van der Waals surface area (Å²) >= 11 is 0. The topological polar surface area (TPSA) is 121 Å². The van der Waals surface area contributed by atoms with Gasteiger partial charge in [-0.1, -0.05) is 5.22 Å². The molecule has 0 aromatic heterocycles. The van der Waals surface area contributed by atoms with Crippen molar-refractivity contribution in [2.75, 3.05) is 23.4 Å². The maximum absolute atomic E-state index is 13.6. The molecule has 2 aliphatic heterocycles. The lowest BCUT2D eigenvalue weighted by Gasteiger charge is -2.20. The van der Waals surface area contributed by atoms with E-state index >= 15 is 0 Å². The minimum Gasteiger partial charge on any atom is -0.462 e. The molecule has 1 fully saturated rings. The fourth-order valence-corrected chi connectivity index (χ4v) is 3.48. The van der Waals surface area contributed by atoms with Crippen LogP contribution in [0.15, 0.2) is 52.8 Å². The molecule has 2 heterocycles. The van der Waals surface area contributed by atoms with Gasteiger partial charge in [-0.05, 0) is 43.3 Å². The molecular formula is C21H17F2N5O5. The number of ether oxygens (including phenoxy) is 1. The number of carbonyl (C=O) groups excluding carboxylic acids is 4. The van der Waals surface area contributed by atoms with Gasteiger partial charge in [-0.2, -0.15) is 5.11 Å². The molecule has 0 unspecified atom stereocenters. The molecule has 0 radical (unpaired) electrons. The van der Waals surface area contributed by atoms with Crippen molar-refractivity contribution in [3.05, 3.63) is 59.7 Å². The predicted molar refractivity (Wildman–Crippen MR) is 109 cm³/mol. The van der Waals surface area contributed by atoms with Gasteiger partial charge in [0.05, 0.1) is 17.9 Å². The number of anilines is 2. The zero-order valence-electron chi connectivity index (χ0n) is 17.2. The lowest BCUT2D eigenvalue weighted by molar-refractivity contribution is -0.123. The second-order valence-corrected chi connectivity index (χ2v) is 7.15. The van der Waals surface area contributed by atoms with E-state index < -0.39 is 54.0 Å². The average Bonchev–Trinajstić information content (AvgIpc) is 3.30. The zero-order chi connectivity index (χ0) is 23.7. The first-order valence-electron chi connectivity index (χ1n) is 9.87. The van der Waals surface area contributed by atoms with Crippen molar-refractivity contribution in [3.8, 4) is 0 Å². The van der Waals surface area contributed by atoms with E-state index in [2.05, 4.69) is 15.7 Å². The van der Waals surface area contributed by atoms with E-state index in [0.717, 1.165) is 23.2 Å². The van der Waals surface area contributed by atoms with E-state index in [1.54, 1.807) is 6.92 Å². The second kappa shape index (κ2) is 8.73. The van der Waals surface area contributed by atoms with Gasteiger partial charge in [0.15, 0.2) is 23.7 Å². The largest absolute Gasteiger partial charge is 0.462 e. The molecule has 2 aliphatic rings. The highest BCUT2D eigenvalue weighted by Crippen LogP contribution is 2.32. The van der Waals surface area contributed by atoms with Gasteiger partial charge in [0.2, 0.25) is 5.91 Å². The van der Waals surface area contributed by atoms with E-state index in [1.165, 1.54) is 24.3 Å². The van der Waals surface area contributed by atoms with Crippen molar-refractivity contribution in [1.82, 2.24) is 5.01 Å². The molecule has 33 heavy (non-hydrogen) atoms. The summed E-state index contributed by atoms with van der Waals surface area (Å²) in [6.45, 7) is 1.53. The molecule has 0 aliphatic carbocycles. The molecule has 170 valence electrons. The zero-order valence-corrected chi connectivity index (χ0v) is 17.2. The summed E-state index contributed by atoms with van der Waals surface area (Å²) < 4.78 is 31.7. The third-order valence-electron chi connectivity index (χ3n) is 5.00. The van der Waals surface area contributed by atoms with Crippen molar-refractivity contribution in [3.63, 3.8) is 0 Å². The number of nitrogens with zero attached hydrogens (tertiary/aromatic N) is 4. The third-order valence-corrected chi connectivity index (χ3v) is 5.00. The van der Waals surface area contributed by atoms with Crippen LogP contribution in [0.1, 0.15) is 17.3 Å². The van der Waals surface area contributed by atoms with Crippen LogP contribution >= 0.6 is 0 Å². The van der Waals surface area contributed by atoms with Crippen molar-refractivity contribution in [2.24, 2.45) is 10.3 Å². The molecule has 2 atom stereocenters. The summed E-state index contributed by atoms with van der Waals surface area (Å²) in [6, 6.07) is 6.25. The van der Waals surface area contributed by atoms with Gasteiger partial charge in [0.25, 0.3) is 11.8 Å². The first kappa shape index (κ1) is 22.0. The molecule has 12 heteroatoms. The lowest BCUT2D eigenvalue weighted by Crippen LogP contribution is -2.43. The van der Waals surface area contributed by atoms with E-state index in [-0.39, 0.29) is 12.3 Å². The van der Waals surface area contributed by atoms with Crippen molar-refractivity contribution >= 4 is 35.1 Å². The van der Waals surface area contributed by atoms with Crippen LogP contribution in [0, 0.1) is 11.6 Å². The van der Waals surface area contributed by atoms with Crippen LogP contribution in [0.4, 0.5) is 20.2 Å². The third kappa shape index (κ3) is 4.14. The van der Waals surface area contributed by atoms with Gasteiger partial charge in [0, 0.05) is 11.8 Å². The van der Waals surface area contributed by atoms with Crippen LogP contribution in [0.3, 0.4) is 0 Å². The van der Waals surface area contributed by atoms with Gasteiger partial charge in [-0.3, -0.25) is 19.4 Å². The van der Waals surface area contributed by atoms with Crippen LogP contribution in [0.25, 0.3) is 0 Å². The number of rotatable bonds is 6. The first-order valence-corrected chi connectivity index (χ1v) is 9.87. The van der Waals surface area contributed by atoms with Gasteiger partial charge >= 0.3 is 5.97 Å². The Morgan fingerprint density at radius 2 is 1.79 bits per heavy atom. The molecule has 2 aromatic carbocycles. The number of hydrogen-bond acceptors (Lipinski definition) is 8. The Balaban J connectivity index is 1.42. The summed E-state index contributed by atoms with van der Waals surface area (Å²) in [5.41, 5.74) is 0.566. The second-order valence-electron chi connectivity index (χ2n) is 7.15. The molecule has 1 saturated heterocycles. The normalized spacial score (nSPS) is 19.1. The van der Waals surface area contributed by atoms with E-state index in [0.29, 0.717) is 16.2 Å². The van der Waals surface area contributed by atoms with Crippen molar-refractivity contribution < 1.29 is 32.7 Å². The Labute approximate surface area is 185 Å². The molecule has 0 saturated carbocycles. The van der Waals surface area contributed by atoms with Gasteiger partial charge < -0.3 is 10.1 Å². The standard InChI is InChI=1S/C21H17F2N5O5/c1-2-33-21(32)11-3-5-12(6-4-11)24-16(29)10-27-18-17(25-26-27)19(30)28(20(18)31)13-7-8-14(22)15(23)9-13/h3-9,17-18H,2,10H2,1H3,(H,24,29)/t17-,18+/m0/s1. The minimum absolute atomic E-state index is 0.139. The fraction of sp³-hybridized carbons (Fsp3) is 0.238. The minimum atomic E-state index is -1.21. The molecular weight excluding hydrogens is 440 g/mol. The molecule has 2 aromatic rings. The fourth-order valence-electron chi connectivity index (χ4n) is 3.48. The maximum Gasteiger partial charge on any atom is 0.338 e. The van der Waals surface area contributed by atoms with Crippen molar-refractivity contribution in [2.45, 2.75) is 19.0 Å². The molecule has 0 spiro atoms. The highest BCUT2D eigenvalue weighted by molar-refractivity contribution is 6.25. The molecule has 3 amide bonds. The van der Waals surface area contributed by atoms with Crippen LogP contribution < -0.4 is 10.2 Å². The Bertz CT molecular complexity index is 1170. The Kier molecular flexibility index (Phi) is 5.82. The number of amides is 3. The summed E-state index contributed by atoms with van der Waals surface area (Å²) in [5, 5.41) is 11.2. The highest BCUT2D eigenvalue weighted by Gasteiger charge is 2.55. The number of benzene rings is 2. The van der Waals surface area contributed by atoms with Crippen molar-refractivity contribution in [1.29, 1.82) is 0 Å². The number of fused-ring (bicyclic) bond motifs is 1. The highest BCUT2D eigenvalue weighted by atomic mass is 19.2. The molecule has 10 nitrogen and oxygen atoms in total. The van der Waals surface area contributed by atoms with Crippen LogP contribution in [-0.2, 0) is 19.1 Å². The maximum atomic E-state index is 13.6. The summed E-state index contributed by atoms with van der Waals surface area (Å²) in [4.78, 5) is 50.3. The number of carbonyl (C=O) groups is 4. The molecule has 0 bridgehead atoms. The van der Waals surface area contributed by atoms with E-state index in [4.69, 9.17) is 4.74 Å². The van der Waals surface area contributed by atoms with Crippen LogP contribution in [0.5, 0.6) is 0 Å². The number of esters is 1. The quantitative estimate of drug-likeness (QED) is 0.524. The predicted octanol–water partition coefficient (Wildman–Crippen LogP) is 2.07. The molecule has 1 N–H and O–H groups in total. The van der Waals surface area contributed by atoms with Crippen LogP contribution in [-0.4, -0.2) is 53.9 Å². The van der Waals surface area contributed by atoms with Gasteiger partial charge in [0.1, 0.15) is 6.54 Å². The van der Waals surface area contributed by atoms with Gasteiger partial charge in [-0.25, -0.2) is 18.5 Å². The smallest absolute Gasteiger partial charge is 0.338 e. The monoisotopic (exact) mass is 457 g/mol. The number of nitrogens with one attached hydrogen (secondary N) is 1. The SMILES string of the molecule is CCOC(=O)c1ccc(NC(=O)CN2N=N[C@@H]3C(=O)N(c4ccc(F)c(F)c4)C(=O)[C@@H]32)cc1. The Hall–Kier alpha value is -4.22. The Morgan fingerprint density at radius 3 is 2.45 bits per heavy atom. The average molecular weight is 457 g/mol.